The third-order valence-corrected chi connectivity index (χ3v) is 2.79. The molecule has 1 fully saturated rings. The van der Waals surface area contributed by atoms with Crippen molar-refractivity contribution in [3.05, 3.63) is 0 Å². The number of nitrogens with zero attached hydrogens (tertiary/aromatic N) is 2. The van der Waals surface area contributed by atoms with Crippen LogP contribution in [0.1, 0.15) is 25.7 Å². The molecule has 0 atom stereocenters. The Balaban J connectivity index is 2.40. The molecule has 0 bridgehead atoms. The molecule has 0 spiro atoms. The highest BCUT2D eigenvalue weighted by atomic mass is 35.5. The Kier molecular flexibility index (Phi) is 5.09. The van der Waals surface area contributed by atoms with Gasteiger partial charge in [-0.25, -0.2) is 4.79 Å². The fourth-order valence-electron chi connectivity index (χ4n) is 1.73. The van der Waals surface area contributed by atoms with Crippen molar-refractivity contribution >= 4 is 17.6 Å². The predicted molar refractivity (Wildman–Crippen MR) is 58.8 cm³/mol. The van der Waals surface area contributed by atoms with Gasteiger partial charge < -0.3 is 9.80 Å². The van der Waals surface area contributed by atoms with Gasteiger partial charge in [-0.2, -0.15) is 0 Å². The number of hydrogen-bond acceptors (Lipinski definition) is 1. The Labute approximate surface area is 91.0 Å². The maximum Gasteiger partial charge on any atom is 0.319 e. The normalized spacial score (nSPS) is 17.7. The minimum Gasteiger partial charge on any atom is -0.327 e. The van der Waals surface area contributed by atoms with Crippen molar-refractivity contribution in [2.24, 2.45) is 0 Å². The van der Waals surface area contributed by atoms with Crippen LogP contribution in [-0.2, 0) is 0 Å². The average molecular weight is 219 g/mol. The molecule has 0 saturated carbocycles. The van der Waals surface area contributed by atoms with Gasteiger partial charge in [0.1, 0.15) is 0 Å². The maximum atomic E-state index is 11.8. The van der Waals surface area contributed by atoms with E-state index < -0.39 is 0 Å². The predicted octanol–water partition coefficient (Wildman–Crippen LogP) is 2.15. The lowest BCUT2D eigenvalue weighted by Gasteiger charge is -2.26. The lowest BCUT2D eigenvalue weighted by Crippen LogP contribution is -2.42. The van der Waals surface area contributed by atoms with E-state index in [4.69, 9.17) is 11.6 Å². The molecular weight excluding hydrogens is 200 g/mol. The van der Waals surface area contributed by atoms with Gasteiger partial charge in [-0.15, -0.1) is 11.6 Å². The molecule has 0 radical (unpaired) electrons. The third kappa shape index (κ3) is 3.37. The summed E-state index contributed by atoms with van der Waals surface area (Å²) in [7, 11) is 1.82. The van der Waals surface area contributed by atoms with Crippen LogP contribution in [0.4, 0.5) is 4.79 Å². The average Bonchev–Trinajstić information content (AvgIpc) is 2.45. The highest BCUT2D eigenvalue weighted by molar-refractivity contribution is 6.18. The van der Waals surface area contributed by atoms with Gasteiger partial charge in [0.05, 0.1) is 0 Å². The van der Waals surface area contributed by atoms with Crippen molar-refractivity contribution in [2.75, 3.05) is 32.6 Å². The second kappa shape index (κ2) is 6.12. The summed E-state index contributed by atoms with van der Waals surface area (Å²) in [5, 5.41) is 0. The number of likely N-dealkylation sites (tertiary alicyclic amines) is 1. The van der Waals surface area contributed by atoms with E-state index in [9.17, 15) is 4.79 Å². The summed E-state index contributed by atoms with van der Waals surface area (Å²) in [4.78, 5) is 15.5. The van der Waals surface area contributed by atoms with E-state index in [1.807, 2.05) is 11.9 Å². The minimum atomic E-state index is 0.132. The van der Waals surface area contributed by atoms with Crippen LogP contribution in [0.25, 0.3) is 0 Å². The summed E-state index contributed by atoms with van der Waals surface area (Å²) >= 11 is 5.60. The van der Waals surface area contributed by atoms with Crippen LogP contribution in [0.5, 0.6) is 0 Å². The van der Waals surface area contributed by atoms with Gasteiger partial charge in [0.25, 0.3) is 0 Å². The van der Waals surface area contributed by atoms with E-state index in [0.29, 0.717) is 12.4 Å². The number of hydrogen-bond donors (Lipinski definition) is 0. The molecule has 82 valence electrons. The summed E-state index contributed by atoms with van der Waals surface area (Å²) in [6.07, 6.45) is 4.78. The van der Waals surface area contributed by atoms with Crippen molar-refractivity contribution in [1.82, 2.24) is 9.80 Å². The van der Waals surface area contributed by atoms with Crippen LogP contribution in [-0.4, -0.2) is 48.4 Å². The topological polar surface area (TPSA) is 23.6 Å². The molecule has 1 aliphatic rings. The van der Waals surface area contributed by atoms with E-state index in [1.165, 1.54) is 12.8 Å². The molecule has 14 heavy (non-hydrogen) atoms. The fraction of sp³-hybridized carbons (Fsp3) is 0.900. The molecule has 3 nitrogen and oxygen atoms in total. The Morgan fingerprint density at radius 3 is 2.36 bits per heavy atom. The first-order valence-corrected chi connectivity index (χ1v) is 5.85. The molecule has 0 aromatic rings. The molecule has 0 aromatic heterocycles. The van der Waals surface area contributed by atoms with Gasteiger partial charge in [-0.05, 0) is 12.8 Å². The van der Waals surface area contributed by atoms with Crippen molar-refractivity contribution < 1.29 is 4.79 Å². The quantitative estimate of drug-likeness (QED) is 0.652. The van der Waals surface area contributed by atoms with Crippen LogP contribution in [0.15, 0.2) is 0 Å². The SMILES string of the molecule is CN(CCCl)C(=O)N1CCCCCC1. The summed E-state index contributed by atoms with van der Waals surface area (Å²) in [5.41, 5.74) is 0. The second-order valence-corrected chi connectivity index (χ2v) is 4.17. The zero-order chi connectivity index (χ0) is 10.4. The van der Waals surface area contributed by atoms with E-state index in [2.05, 4.69) is 0 Å². The first-order valence-electron chi connectivity index (χ1n) is 5.31. The summed E-state index contributed by atoms with van der Waals surface area (Å²) in [6.45, 7) is 2.45. The van der Waals surface area contributed by atoms with Crippen LogP contribution in [0.3, 0.4) is 0 Å². The van der Waals surface area contributed by atoms with Crippen molar-refractivity contribution in [3.8, 4) is 0 Å². The van der Waals surface area contributed by atoms with Crippen LogP contribution < -0.4 is 0 Å². The van der Waals surface area contributed by atoms with Gasteiger partial charge in [0, 0.05) is 32.6 Å². The monoisotopic (exact) mass is 218 g/mol. The molecule has 1 rings (SSSR count). The van der Waals surface area contributed by atoms with E-state index in [1.54, 1.807) is 4.90 Å². The standard InChI is InChI=1S/C10H19ClN2O/c1-12(9-6-11)10(14)13-7-4-2-3-5-8-13/h2-9H2,1H3. The fourth-order valence-corrected chi connectivity index (χ4v) is 1.98. The molecule has 1 aliphatic heterocycles. The lowest BCUT2D eigenvalue weighted by atomic mass is 10.2. The first-order chi connectivity index (χ1) is 6.75. The molecule has 0 aliphatic carbocycles. The zero-order valence-corrected chi connectivity index (χ0v) is 9.59. The van der Waals surface area contributed by atoms with E-state index >= 15 is 0 Å². The number of carbonyl (C=O) groups excluding carboxylic acids is 1. The highest BCUT2D eigenvalue weighted by Gasteiger charge is 2.18. The van der Waals surface area contributed by atoms with E-state index in [-0.39, 0.29) is 6.03 Å². The molecule has 1 saturated heterocycles. The Bertz CT molecular complexity index is 179. The number of amides is 2. The summed E-state index contributed by atoms with van der Waals surface area (Å²) in [6, 6.07) is 0.132. The number of halogens is 1. The number of rotatable bonds is 2. The molecule has 2 amide bonds. The van der Waals surface area contributed by atoms with Gasteiger partial charge in [-0.1, -0.05) is 12.8 Å². The van der Waals surface area contributed by atoms with Crippen LogP contribution in [0.2, 0.25) is 0 Å². The minimum absolute atomic E-state index is 0.132. The van der Waals surface area contributed by atoms with Crippen LogP contribution >= 0.6 is 11.6 Å². The number of urea groups is 1. The smallest absolute Gasteiger partial charge is 0.319 e. The number of carbonyl (C=O) groups is 1. The molecule has 0 aromatic carbocycles. The maximum absolute atomic E-state index is 11.8. The van der Waals surface area contributed by atoms with Crippen molar-refractivity contribution in [3.63, 3.8) is 0 Å². The van der Waals surface area contributed by atoms with Gasteiger partial charge in [-0.3, -0.25) is 0 Å². The molecular formula is C10H19ClN2O. The van der Waals surface area contributed by atoms with Crippen molar-refractivity contribution in [1.29, 1.82) is 0 Å². The summed E-state index contributed by atoms with van der Waals surface area (Å²) in [5.74, 6) is 0.510. The molecule has 0 N–H and O–H groups in total. The Morgan fingerprint density at radius 1 is 1.29 bits per heavy atom. The molecule has 1 heterocycles. The lowest BCUT2D eigenvalue weighted by molar-refractivity contribution is 0.167. The number of alkyl halides is 1. The molecule has 4 heteroatoms. The Hall–Kier alpha value is -0.440. The van der Waals surface area contributed by atoms with Gasteiger partial charge in [0.2, 0.25) is 0 Å². The summed E-state index contributed by atoms with van der Waals surface area (Å²) < 4.78 is 0. The Morgan fingerprint density at radius 2 is 1.86 bits per heavy atom. The largest absolute Gasteiger partial charge is 0.327 e. The zero-order valence-electron chi connectivity index (χ0n) is 8.84. The van der Waals surface area contributed by atoms with Gasteiger partial charge in [0.15, 0.2) is 0 Å². The second-order valence-electron chi connectivity index (χ2n) is 3.79. The highest BCUT2D eigenvalue weighted by Crippen LogP contribution is 2.11. The van der Waals surface area contributed by atoms with Crippen molar-refractivity contribution in [2.45, 2.75) is 25.7 Å². The molecule has 0 unspecified atom stereocenters. The first kappa shape index (κ1) is 11.6. The van der Waals surface area contributed by atoms with E-state index in [0.717, 1.165) is 25.9 Å². The van der Waals surface area contributed by atoms with Crippen LogP contribution in [0, 0.1) is 0 Å². The van der Waals surface area contributed by atoms with Gasteiger partial charge >= 0.3 is 6.03 Å². The third-order valence-electron chi connectivity index (χ3n) is 2.62.